The van der Waals surface area contributed by atoms with Crippen molar-refractivity contribution in [1.82, 2.24) is 10.1 Å². The molecule has 1 aromatic rings. The van der Waals surface area contributed by atoms with E-state index in [2.05, 4.69) is 17.1 Å². The van der Waals surface area contributed by atoms with Gasteiger partial charge in [-0.05, 0) is 38.0 Å². The van der Waals surface area contributed by atoms with E-state index in [-0.39, 0.29) is 5.54 Å². The highest BCUT2D eigenvalue weighted by Crippen LogP contribution is 2.41. The van der Waals surface area contributed by atoms with Gasteiger partial charge < -0.3 is 10.3 Å². The second-order valence-corrected chi connectivity index (χ2v) is 6.09. The third-order valence-corrected chi connectivity index (χ3v) is 4.62. The number of nitrogens with zero attached hydrogens (tertiary/aromatic N) is 2. The fraction of sp³-hybridized carbons (Fsp3) is 0.857. The Balaban J connectivity index is 1.75. The minimum Gasteiger partial charge on any atom is -0.339 e. The van der Waals surface area contributed by atoms with E-state index in [4.69, 9.17) is 10.3 Å². The third-order valence-electron chi connectivity index (χ3n) is 4.62. The molecule has 0 radical (unpaired) electrons. The summed E-state index contributed by atoms with van der Waals surface area (Å²) in [5.41, 5.74) is 6.20. The van der Waals surface area contributed by atoms with Gasteiger partial charge in [0.15, 0.2) is 5.82 Å². The van der Waals surface area contributed by atoms with Gasteiger partial charge in [-0.3, -0.25) is 0 Å². The molecule has 4 heteroatoms. The largest absolute Gasteiger partial charge is 0.339 e. The van der Waals surface area contributed by atoms with Crippen LogP contribution in [0.5, 0.6) is 0 Å². The Morgan fingerprint density at radius 3 is 2.83 bits per heavy atom. The van der Waals surface area contributed by atoms with Crippen molar-refractivity contribution in [1.29, 1.82) is 0 Å². The van der Waals surface area contributed by atoms with E-state index >= 15 is 0 Å². The van der Waals surface area contributed by atoms with Gasteiger partial charge in [0.2, 0.25) is 5.89 Å². The molecule has 2 atom stereocenters. The van der Waals surface area contributed by atoms with Crippen LogP contribution in [0.1, 0.15) is 75.9 Å². The zero-order valence-electron chi connectivity index (χ0n) is 11.2. The summed E-state index contributed by atoms with van der Waals surface area (Å²) in [4.78, 5) is 4.56. The lowest BCUT2D eigenvalue weighted by molar-refractivity contribution is 0.320. The van der Waals surface area contributed by atoms with Crippen LogP contribution < -0.4 is 5.73 Å². The van der Waals surface area contributed by atoms with E-state index in [1.807, 2.05) is 0 Å². The van der Waals surface area contributed by atoms with Crippen LogP contribution in [-0.2, 0) is 5.54 Å². The molecule has 2 N–H and O–H groups in total. The fourth-order valence-electron chi connectivity index (χ4n) is 3.00. The summed E-state index contributed by atoms with van der Waals surface area (Å²) >= 11 is 0. The first-order valence-corrected chi connectivity index (χ1v) is 7.34. The van der Waals surface area contributed by atoms with Crippen molar-refractivity contribution >= 4 is 0 Å². The Bertz CT molecular complexity index is 413. The van der Waals surface area contributed by atoms with E-state index in [1.54, 1.807) is 0 Å². The fourth-order valence-corrected chi connectivity index (χ4v) is 3.00. The molecule has 2 fully saturated rings. The Kier molecular flexibility index (Phi) is 3.14. The van der Waals surface area contributed by atoms with Gasteiger partial charge in [-0.2, -0.15) is 4.98 Å². The normalized spacial score (nSPS) is 33.3. The molecule has 3 rings (SSSR count). The molecule has 0 spiro atoms. The Morgan fingerprint density at radius 1 is 1.28 bits per heavy atom. The Hall–Kier alpha value is -0.900. The molecule has 0 aromatic carbocycles. The van der Waals surface area contributed by atoms with Crippen LogP contribution in [0.3, 0.4) is 0 Å². The number of rotatable bonds is 3. The van der Waals surface area contributed by atoms with Gasteiger partial charge in [-0.1, -0.05) is 31.3 Å². The molecule has 2 aliphatic rings. The van der Waals surface area contributed by atoms with Gasteiger partial charge in [-0.25, -0.2) is 0 Å². The van der Waals surface area contributed by atoms with Crippen molar-refractivity contribution in [2.45, 2.75) is 69.7 Å². The molecule has 1 aromatic heterocycles. The number of hydrogen-bond donors (Lipinski definition) is 1. The summed E-state index contributed by atoms with van der Waals surface area (Å²) in [6.07, 6.45) is 9.30. The average Bonchev–Trinajstić information content (AvgIpc) is 3.14. The second kappa shape index (κ2) is 4.65. The van der Waals surface area contributed by atoms with E-state index < -0.39 is 0 Å². The average molecular weight is 249 g/mol. The SMILES string of the molecule is CCC1CCCC(N)(c2noc(C3CC3)n2)CC1. The van der Waals surface area contributed by atoms with Crippen molar-refractivity contribution in [3.8, 4) is 0 Å². The van der Waals surface area contributed by atoms with E-state index in [0.717, 1.165) is 30.5 Å². The second-order valence-electron chi connectivity index (χ2n) is 6.09. The molecule has 2 unspecified atom stereocenters. The zero-order valence-corrected chi connectivity index (χ0v) is 11.2. The number of nitrogens with two attached hydrogens (primary N) is 1. The van der Waals surface area contributed by atoms with Crippen LogP contribution in [0.2, 0.25) is 0 Å². The number of aromatic nitrogens is 2. The first-order valence-electron chi connectivity index (χ1n) is 7.34. The van der Waals surface area contributed by atoms with E-state index in [0.29, 0.717) is 5.92 Å². The van der Waals surface area contributed by atoms with Crippen LogP contribution >= 0.6 is 0 Å². The molecule has 18 heavy (non-hydrogen) atoms. The first kappa shape index (κ1) is 12.2. The van der Waals surface area contributed by atoms with Gasteiger partial charge in [0.05, 0.1) is 5.54 Å². The minimum atomic E-state index is -0.347. The lowest BCUT2D eigenvalue weighted by Gasteiger charge is -2.23. The summed E-state index contributed by atoms with van der Waals surface area (Å²) in [6.45, 7) is 2.27. The Morgan fingerprint density at radius 2 is 2.11 bits per heavy atom. The van der Waals surface area contributed by atoms with E-state index in [9.17, 15) is 0 Å². The zero-order chi connectivity index (χ0) is 12.6. The lowest BCUT2D eigenvalue weighted by atomic mass is 9.89. The standard InChI is InChI=1S/C14H23N3O/c1-2-10-4-3-8-14(15,9-7-10)13-16-12(18-17-13)11-5-6-11/h10-11H,2-9,15H2,1H3. The predicted molar refractivity (Wildman–Crippen MR) is 69.0 cm³/mol. The van der Waals surface area contributed by atoms with Crippen molar-refractivity contribution < 1.29 is 4.52 Å². The van der Waals surface area contributed by atoms with Gasteiger partial charge in [0.1, 0.15) is 0 Å². The maximum absolute atomic E-state index is 6.55. The molecule has 2 aliphatic carbocycles. The van der Waals surface area contributed by atoms with Crippen molar-refractivity contribution in [2.75, 3.05) is 0 Å². The molecule has 2 saturated carbocycles. The molecular weight excluding hydrogens is 226 g/mol. The van der Waals surface area contributed by atoms with E-state index in [1.165, 1.54) is 38.5 Å². The maximum atomic E-state index is 6.55. The van der Waals surface area contributed by atoms with Gasteiger partial charge in [-0.15, -0.1) is 0 Å². The quantitative estimate of drug-likeness (QED) is 0.836. The molecule has 1 heterocycles. The summed E-state index contributed by atoms with van der Waals surface area (Å²) < 4.78 is 5.36. The molecule has 0 saturated heterocycles. The van der Waals surface area contributed by atoms with Crippen molar-refractivity contribution in [3.63, 3.8) is 0 Å². The van der Waals surface area contributed by atoms with Crippen LogP contribution in [0, 0.1) is 5.92 Å². The Labute approximate surface area is 108 Å². The summed E-state index contributed by atoms with van der Waals surface area (Å²) in [7, 11) is 0. The highest BCUT2D eigenvalue weighted by molar-refractivity contribution is 5.09. The van der Waals surface area contributed by atoms with Gasteiger partial charge >= 0.3 is 0 Å². The summed E-state index contributed by atoms with van der Waals surface area (Å²) in [6, 6.07) is 0. The summed E-state index contributed by atoms with van der Waals surface area (Å²) in [5, 5.41) is 4.15. The van der Waals surface area contributed by atoms with Crippen molar-refractivity contribution in [3.05, 3.63) is 11.7 Å². The third kappa shape index (κ3) is 2.30. The first-order chi connectivity index (χ1) is 8.71. The van der Waals surface area contributed by atoms with Crippen LogP contribution in [0.25, 0.3) is 0 Å². The highest BCUT2D eigenvalue weighted by atomic mass is 16.5. The topological polar surface area (TPSA) is 64.9 Å². The molecule has 0 aliphatic heterocycles. The molecular formula is C14H23N3O. The van der Waals surface area contributed by atoms with Gasteiger partial charge in [0.25, 0.3) is 0 Å². The molecule has 0 amide bonds. The predicted octanol–water partition coefficient (Wildman–Crippen LogP) is 3.09. The molecule has 100 valence electrons. The molecule has 4 nitrogen and oxygen atoms in total. The highest BCUT2D eigenvalue weighted by Gasteiger charge is 2.37. The maximum Gasteiger partial charge on any atom is 0.229 e. The summed E-state index contributed by atoms with van der Waals surface area (Å²) in [5.74, 6) is 2.90. The number of hydrogen-bond acceptors (Lipinski definition) is 4. The van der Waals surface area contributed by atoms with Crippen molar-refractivity contribution in [2.24, 2.45) is 11.7 Å². The van der Waals surface area contributed by atoms with Crippen LogP contribution in [0.4, 0.5) is 0 Å². The van der Waals surface area contributed by atoms with Crippen LogP contribution in [0.15, 0.2) is 4.52 Å². The lowest BCUT2D eigenvalue weighted by Crippen LogP contribution is -2.37. The van der Waals surface area contributed by atoms with Crippen LogP contribution in [-0.4, -0.2) is 10.1 Å². The minimum absolute atomic E-state index is 0.347. The van der Waals surface area contributed by atoms with Gasteiger partial charge in [0, 0.05) is 5.92 Å². The molecule has 0 bridgehead atoms. The smallest absolute Gasteiger partial charge is 0.229 e. The monoisotopic (exact) mass is 249 g/mol.